The van der Waals surface area contributed by atoms with Crippen LogP contribution >= 0.6 is 82.0 Å². The van der Waals surface area contributed by atoms with Gasteiger partial charge in [0.25, 0.3) is 0 Å². The van der Waals surface area contributed by atoms with E-state index >= 15 is 0 Å². The Hall–Kier alpha value is -2.00. The molecule has 0 aliphatic heterocycles. The number of hydrogen-bond acceptors (Lipinski definition) is 9. The van der Waals surface area contributed by atoms with Crippen molar-refractivity contribution in [2.24, 2.45) is 0 Å². The number of nitrogens with one attached hydrogen (secondary N) is 1. The van der Waals surface area contributed by atoms with Crippen LogP contribution < -0.4 is 0 Å². The maximum Gasteiger partial charge on any atom is 0.218 e. The van der Waals surface area contributed by atoms with Crippen LogP contribution in [-0.4, -0.2) is 71.1 Å². The monoisotopic (exact) mass is 806 g/mol. The number of carbonyl (C=O) groups is 2. The number of H-pyrrole nitrogens is 1. The number of aliphatic hydroxyl groups is 2. The van der Waals surface area contributed by atoms with Gasteiger partial charge in [-0.1, -0.05) is 59.6 Å². The number of thioether (sulfide) groups is 1. The Bertz CT molecular complexity index is 1820. The molecule has 2 aliphatic carbocycles. The van der Waals surface area contributed by atoms with Gasteiger partial charge in [0.05, 0.1) is 22.8 Å². The Labute approximate surface area is 318 Å². The van der Waals surface area contributed by atoms with E-state index in [1.54, 1.807) is 10.7 Å². The van der Waals surface area contributed by atoms with Gasteiger partial charge in [0.1, 0.15) is 23.9 Å². The van der Waals surface area contributed by atoms with E-state index in [1.165, 1.54) is 31.2 Å². The molecule has 10 nitrogen and oxygen atoms in total. The first kappa shape index (κ1) is 39.8. The van der Waals surface area contributed by atoms with Crippen molar-refractivity contribution in [1.82, 2.24) is 29.5 Å². The second-order valence-electron chi connectivity index (χ2n) is 12.1. The molecule has 49 heavy (non-hydrogen) atoms. The molecule has 17 heteroatoms. The van der Waals surface area contributed by atoms with Crippen LogP contribution in [0.15, 0.2) is 66.3 Å². The summed E-state index contributed by atoms with van der Waals surface area (Å²) in [5.74, 6) is 0. The van der Waals surface area contributed by atoms with Gasteiger partial charge in [-0.05, 0) is 84.5 Å². The molecular formula is C32H35Cl5N6O4S2. The topological polar surface area (TPSA) is 139 Å². The van der Waals surface area contributed by atoms with Crippen molar-refractivity contribution in [2.45, 2.75) is 91.6 Å². The van der Waals surface area contributed by atoms with Crippen LogP contribution in [0.1, 0.15) is 50.7 Å². The number of rotatable bonds is 11. The number of alkyl halides is 2. The van der Waals surface area contributed by atoms with Crippen LogP contribution in [-0.2, 0) is 35.5 Å². The SMILES string of the molecule is CC(=O)Cl.CC(=O)Sc1ncnn1CC(O)(Cc1ccccc1Cl)C1(Cl)CC1.OC(Cc1ccccc1Cl)(Cn1[nH]cnc1=S)C1(Cl)CC1. The van der Waals surface area contributed by atoms with Crippen molar-refractivity contribution in [3.05, 3.63) is 87.1 Å². The van der Waals surface area contributed by atoms with Crippen molar-refractivity contribution < 1.29 is 19.8 Å². The fraction of sp³-hybridized carbons (Fsp3) is 0.438. The number of halogens is 5. The van der Waals surface area contributed by atoms with E-state index in [4.69, 9.17) is 58.6 Å². The minimum Gasteiger partial charge on any atom is -0.386 e. The molecule has 2 unspecified atom stereocenters. The van der Waals surface area contributed by atoms with E-state index in [2.05, 4.69) is 31.8 Å². The van der Waals surface area contributed by atoms with Crippen molar-refractivity contribution in [3.63, 3.8) is 0 Å². The van der Waals surface area contributed by atoms with Crippen molar-refractivity contribution in [2.75, 3.05) is 0 Å². The number of hydrogen-bond donors (Lipinski definition) is 3. The van der Waals surface area contributed by atoms with E-state index in [9.17, 15) is 19.8 Å². The highest BCUT2D eigenvalue weighted by molar-refractivity contribution is 8.13. The third kappa shape index (κ3) is 10.5. The third-order valence-electron chi connectivity index (χ3n) is 8.19. The molecule has 0 amide bonds. The lowest BCUT2D eigenvalue weighted by Gasteiger charge is -2.33. The van der Waals surface area contributed by atoms with Gasteiger partial charge in [-0.2, -0.15) is 5.10 Å². The molecule has 2 aromatic heterocycles. The standard InChI is InChI=1S/C16H17Cl2N3O2S.C14H15Cl2N3OS.C2H3ClO/c1-11(22)24-14-19-10-20-21(14)9-16(23,15(18)6-7-15)8-12-4-2-3-5-13(12)17;15-11-4-2-1-3-10(11)7-14(20,13(16)5-6-13)8-19-12(21)17-9-18-19;1-2(3)4/h2-5,10,23H,6-9H2,1H3;1-4,9,20H,5-8H2,(H,17,18,21);1H3. The van der Waals surface area contributed by atoms with Gasteiger partial charge in [-0.3, -0.25) is 19.4 Å². The lowest BCUT2D eigenvalue weighted by molar-refractivity contribution is -0.110. The van der Waals surface area contributed by atoms with Crippen LogP contribution in [0, 0.1) is 4.77 Å². The third-order valence-corrected chi connectivity index (χ3v) is 11.5. The highest BCUT2D eigenvalue weighted by Gasteiger charge is 2.59. The summed E-state index contributed by atoms with van der Waals surface area (Å²) in [6.45, 7) is 3.17. The zero-order valence-corrected chi connectivity index (χ0v) is 32.0. The molecule has 2 atom stereocenters. The normalized spacial score (nSPS) is 17.7. The van der Waals surface area contributed by atoms with Gasteiger partial charge in [-0.25, -0.2) is 14.6 Å². The average Bonchev–Trinajstić information content (AvgIpc) is 3.88. The predicted molar refractivity (Wildman–Crippen MR) is 196 cm³/mol. The molecule has 2 aromatic carbocycles. The first-order valence-corrected chi connectivity index (χ1v) is 18.2. The summed E-state index contributed by atoms with van der Waals surface area (Å²) >= 11 is 36.4. The Balaban J connectivity index is 0.000000201. The molecule has 0 saturated heterocycles. The molecule has 2 heterocycles. The number of aromatic nitrogens is 6. The summed E-state index contributed by atoms with van der Waals surface area (Å²) in [5, 5.41) is 30.8. The number of nitrogens with zero attached hydrogens (tertiary/aromatic N) is 5. The highest BCUT2D eigenvalue weighted by Crippen LogP contribution is 2.54. The average molecular weight is 809 g/mol. The van der Waals surface area contributed by atoms with Crippen LogP contribution in [0.5, 0.6) is 0 Å². The molecule has 6 rings (SSSR count). The second-order valence-corrected chi connectivity index (χ2v) is 16.4. The van der Waals surface area contributed by atoms with E-state index in [0.717, 1.165) is 48.6 Å². The summed E-state index contributed by atoms with van der Waals surface area (Å²) in [7, 11) is 0. The summed E-state index contributed by atoms with van der Waals surface area (Å²) in [6.07, 6.45) is 6.55. The lowest BCUT2D eigenvalue weighted by atomic mass is 9.89. The molecule has 2 aliphatic rings. The molecule has 0 spiro atoms. The van der Waals surface area contributed by atoms with Crippen LogP contribution in [0.3, 0.4) is 0 Å². The van der Waals surface area contributed by atoms with Crippen LogP contribution in [0.2, 0.25) is 10.0 Å². The van der Waals surface area contributed by atoms with E-state index in [0.29, 0.717) is 32.8 Å². The Morgan fingerprint density at radius 2 is 1.37 bits per heavy atom. The van der Waals surface area contributed by atoms with Gasteiger partial charge in [0.15, 0.2) is 10.3 Å². The predicted octanol–water partition coefficient (Wildman–Crippen LogP) is 7.43. The Kier molecular flexibility index (Phi) is 13.4. The van der Waals surface area contributed by atoms with Crippen molar-refractivity contribution in [1.29, 1.82) is 0 Å². The Morgan fingerprint density at radius 1 is 0.898 bits per heavy atom. The maximum absolute atomic E-state index is 11.3. The lowest BCUT2D eigenvalue weighted by Crippen LogP contribution is -2.47. The second kappa shape index (κ2) is 16.6. The molecule has 4 aromatic rings. The number of aromatic amines is 1. The molecule has 264 valence electrons. The first-order valence-electron chi connectivity index (χ1n) is 15.1. The maximum atomic E-state index is 11.3. The molecule has 2 saturated carbocycles. The van der Waals surface area contributed by atoms with Gasteiger partial charge >= 0.3 is 0 Å². The molecule has 0 bridgehead atoms. The zero-order chi connectivity index (χ0) is 36.0. The molecule has 2 fully saturated rings. The minimum atomic E-state index is -1.24. The summed E-state index contributed by atoms with van der Waals surface area (Å²) < 4.78 is 3.56. The fourth-order valence-electron chi connectivity index (χ4n) is 5.25. The number of benzene rings is 2. The smallest absolute Gasteiger partial charge is 0.218 e. The van der Waals surface area contributed by atoms with Crippen molar-refractivity contribution >= 4 is 92.3 Å². The molecule has 0 radical (unpaired) electrons. The highest BCUT2D eigenvalue weighted by atomic mass is 35.5. The first-order chi connectivity index (χ1) is 23.0. The van der Waals surface area contributed by atoms with Crippen molar-refractivity contribution in [3.8, 4) is 0 Å². The minimum absolute atomic E-state index is 0.0918. The zero-order valence-electron chi connectivity index (χ0n) is 26.6. The summed E-state index contributed by atoms with van der Waals surface area (Å²) in [6, 6.07) is 14.9. The molecule has 3 N–H and O–H groups in total. The van der Waals surface area contributed by atoms with Gasteiger partial charge in [0, 0.05) is 36.7 Å². The van der Waals surface area contributed by atoms with Crippen LogP contribution in [0.4, 0.5) is 0 Å². The van der Waals surface area contributed by atoms with E-state index in [1.807, 2.05) is 42.5 Å². The van der Waals surface area contributed by atoms with Gasteiger partial charge in [-0.15, -0.1) is 23.2 Å². The van der Waals surface area contributed by atoms with E-state index in [-0.39, 0.29) is 23.4 Å². The Morgan fingerprint density at radius 3 is 1.78 bits per heavy atom. The van der Waals surface area contributed by atoms with Gasteiger partial charge < -0.3 is 10.2 Å². The number of carbonyl (C=O) groups excluding carboxylic acids is 2. The quantitative estimate of drug-likeness (QED) is 0.0612. The fourth-order valence-corrected chi connectivity index (χ4v) is 6.84. The van der Waals surface area contributed by atoms with Crippen LogP contribution in [0.25, 0.3) is 0 Å². The molecular weight excluding hydrogens is 774 g/mol. The summed E-state index contributed by atoms with van der Waals surface area (Å²) in [5.41, 5.74) is -0.668. The van der Waals surface area contributed by atoms with E-state index < -0.39 is 21.0 Å². The van der Waals surface area contributed by atoms with Gasteiger partial charge in [0.2, 0.25) is 10.0 Å². The summed E-state index contributed by atoms with van der Waals surface area (Å²) in [4.78, 5) is 27.3. The largest absolute Gasteiger partial charge is 0.386 e.